The summed E-state index contributed by atoms with van der Waals surface area (Å²) in [6.45, 7) is 5.11. The Morgan fingerprint density at radius 3 is 2.74 bits per heavy atom. The van der Waals surface area contributed by atoms with Crippen LogP contribution in [0.15, 0.2) is 18.2 Å². The van der Waals surface area contributed by atoms with E-state index >= 15 is 0 Å². The third-order valence-corrected chi connectivity index (χ3v) is 4.40. The number of nitrogens with one attached hydrogen (secondary N) is 1. The number of aliphatic hydroxyl groups excluding tert-OH is 1. The zero-order chi connectivity index (χ0) is 17.0. The van der Waals surface area contributed by atoms with Crippen molar-refractivity contribution in [3.05, 3.63) is 29.6 Å². The highest BCUT2D eigenvalue weighted by Crippen LogP contribution is 2.29. The summed E-state index contributed by atoms with van der Waals surface area (Å²) >= 11 is 0. The molecule has 1 fully saturated rings. The molecule has 0 aliphatic carbocycles. The number of hydrogen-bond acceptors (Lipinski definition) is 4. The molecule has 23 heavy (non-hydrogen) atoms. The van der Waals surface area contributed by atoms with E-state index in [2.05, 4.69) is 10.2 Å². The maximum Gasteiger partial charge on any atom is 0.237 e. The van der Waals surface area contributed by atoms with Crippen LogP contribution in [0.4, 0.5) is 10.1 Å². The average Bonchev–Trinajstić information content (AvgIpc) is 2.54. The maximum atomic E-state index is 13.7. The lowest BCUT2D eigenvalue weighted by molar-refractivity contribution is -0.123. The summed E-state index contributed by atoms with van der Waals surface area (Å²) in [5.74, 6) is -0.564. The zero-order valence-electron chi connectivity index (χ0n) is 13.8. The van der Waals surface area contributed by atoms with Crippen LogP contribution in [0.1, 0.15) is 44.7 Å². The number of carbonyl (C=O) groups excluding carboxylic acids is 1. The Bertz CT molecular complexity index is 545. The lowest BCUT2D eigenvalue weighted by Gasteiger charge is -2.34. The van der Waals surface area contributed by atoms with Gasteiger partial charge in [0.25, 0.3) is 0 Å². The van der Waals surface area contributed by atoms with Crippen molar-refractivity contribution in [2.45, 2.75) is 51.3 Å². The topological polar surface area (TPSA) is 78.6 Å². The largest absolute Gasteiger partial charge is 0.393 e. The first-order valence-corrected chi connectivity index (χ1v) is 8.20. The van der Waals surface area contributed by atoms with Crippen LogP contribution in [-0.2, 0) is 4.79 Å². The van der Waals surface area contributed by atoms with Crippen molar-refractivity contribution in [1.29, 1.82) is 0 Å². The molecule has 128 valence electrons. The third kappa shape index (κ3) is 4.42. The summed E-state index contributed by atoms with van der Waals surface area (Å²) < 4.78 is 13.7. The highest BCUT2D eigenvalue weighted by Gasteiger charge is 2.23. The molecule has 6 heteroatoms. The van der Waals surface area contributed by atoms with E-state index in [1.807, 2.05) is 13.8 Å². The van der Waals surface area contributed by atoms with Crippen LogP contribution in [0, 0.1) is 5.82 Å². The Morgan fingerprint density at radius 2 is 2.13 bits per heavy atom. The normalized spacial score (nSPS) is 18.6. The van der Waals surface area contributed by atoms with Crippen LogP contribution in [0.3, 0.4) is 0 Å². The maximum absolute atomic E-state index is 13.7. The van der Waals surface area contributed by atoms with Crippen molar-refractivity contribution in [3.8, 4) is 0 Å². The molecule has 2 atom stereocenters. The van der Waals surface area contributed by atoms with Gasteiger partial charge in [-0.2, -0.15) is 0 Å². The molecule has 1 aromatic carbocycles. The van der Waals surface area contributed by atoms with E-state index in [1.165, 1.54) is 12.1 Å². The summed E-state index contributed by atoms with van der Waals surface area (Å²) in [7, 11) is 0. The van der Waals surface area contributed by atoms with Gasteiger partial charge in [0.05, 0.1) is 18.2 Å². The summed E-state index contributed by atoms with van der Waals surface area (Å²) in [6.07, 6.45) is 1.67. The van der Waals surface area contributed by atoms with Gasteiger partial charge in [-0.1, -0.05) is 6.92 Å². The number of piperidine rings is 1. The fourth-order valence-electron chi connectivity index (χ4n) is 2.85. The molecule has 1 saturated heterocycles. The molecule has 1 aromatic rings. The third-order valence-electron chi connectivity index (χ3n) is 4.40. The predicted octanol–water partition coefficient (Wildman–Crippen LogP) is 1.70. The fraction of sp³-hybridized carbons (Fsp3) is 0.588. The minimum atomic E-state index is -0.556. The van der Waals surface area contributed by atoms with Crippen molar-refractivity contribution in [3.63, 3.8) is 0 Å². The van der Waals surface area contributed by atoms with Crippen molar-refractivity contribution in [2.24, 2.45) is 5.73 Å². The van der Waals surface area contributed by atoms with Crippen LogP contribution in [0.2, 0.25) is 0 Å². The van der Waals surface area contributed by atoms with Crippen LogP contribution >= 0.6 is 0 Å². The zero-order valence-corrected chi connectivity index (χ0v) is 13.8. The van der Waals surface area contributed by atoms with Crippen molar-refractivity contribution < 1.29 is 14.3 Å². The summed E-state index contributed by atoms with van der Waals surface area (Å²) in [4.78, 5) is 14.1. The number of nitrogens with zero attached hydrogens (tertiary/aromatic N) is 1. The number of nitrogens with two attached hydrogens (primary N) is 1. The number of halogens is 1. The quantitative estimate of drug-likeness (QED) is 0.771. The Balaban J connectivity index is 2.19. The molecule has 0 aromatic heterocycles. The van der Waals surface area contributed by atoms with E-state index in [0.29, 0.717) is 19.3 Å². The number of aliphatic hydroxyl groups is 1. The highest BCUT2D eigenvalue weighted by atomic mass is 19.1. The first-order valence-electron chi connectivity index (χ1n) is 8.20. The molecular formula is C17H26FN3O2. The molecule has 0 radical (unpaired) electrons. The van der Waals surface area contributed by atoms with E-state index in [9.17, 15) is 14.3 Å². The standard InChI is InChI=1S/C17H26FN3O2/c1-3-15(19)17(23)20-11(2)14-10-12(18)4-5-16(14)21-8-6-13(22)7-9-21/h4-5,10-11,13,15,22H,3,6-9,19H2,1-2H3,(H,20,23). The minimum absolute atomic E-state index is 0.232. The number of benzene rings is 1. The van der Waals surface area contributed by atoms with Gasteiger partial charge in [0.2, 0.25) is 5.91 Å². The highest BCUT2D eigenvalue weighted by molar-refractivity contribution is 5.82. The van der Waals surface area contributed by atoms with Gasteiger partial charge >= 0.3 is 0 Å². The number of carbonyl (C=O) groups is 1. The Kier molecular flexibility index (Phi) is 5.96. The Labute approximate surface area is 136 Å². The fourth-order valence-corrected chi connectivity index (χ4v) is 2.85. The Hall–Kier alpha value is -1.66. The van der Waals surface area contributed by atoms with Gasteiger partial charge in [0, 0.05) is 24.3 Å². The second-order valence-electron chi connectivity index (χ2n) is 6.17. The number of hydrogen-bond donors (Lipinski definition) is 3. The number of amides is 1. The lowest BCUT2D eigenvalue weighted by atomic mass is 10.0. The van der Waals surface area contributed by atoms with Gasteiger partial charge in [0.1, 0.15) is 5.82 Å². The van der Waals surface area contributed by atoms with E-state index in [-0.39, 0.29) is 23.9 Å². The molecule has 5 nitrogen and oxygen atoms in total. The van der Waals surface area contributed by atoms with E-state index in [4.69, 9.17) is 5.73 Å². The molecule has 1 aliphatic rings. The number of rotatable bonds is 5. The molecule has 1 heterocycles. The molecule has 0 saturated carbocycles. The SMILES string of the molecule is CCC(N)C(=O)NC(C)c1cc(F)ccc1N1CCC(O)CC1. The van der Waals surface area contributed by atoms with Crippen molar-refractivity contribution in [2.75, 3.05) is 18.0 Å². The van der Waals surface area contributed by atoms with Gasteiger partial charge < -0.3 is 21.1 Å². The first kappa shape index (κ1) is 17.7. The average molecular weight is 323 g/mol. The van der Waals surface area contributed by atoms with Crippen LogP contribution in [0.5, 0.6) is 0 Å². The molecule has 2 unspecified atom stereocenters. The van der Waals surface area contributed by atoms with Gasteiger partial charge in [-0.05, 0) is 44.4 Å². The lowest BCUT2D eigenvalue weighted by Crippen LogP contribution is -2.42. The molecule has 4 N–H and O–H groups in total. The van der Waals surface area contributed by atoms with Crippen molar-refractivity contribution >= 4 is 11.6 Å². The summed E-state index contributed by atoms with van der Waals surface area (Å²) in [6, 6.07) is 3.74. The molecular weight excluding hydrogens is 297 g/mol. The number of anilines is 1. The predicted molar refractivity (Wildman–Crippen MR) is 88.7 cm³/mol. The van der Waals surface area contributed by atoms with E-state index < -0.39 is 6.04 Å². The van der Waals surface area contributed by atoms with Crippen LogP contribution < -0.4 is 16.0 Å². The molecule has 1 amide bonds. The van der Waals surface area contributed by atoms with Crippen molar-refractivity contribution in [1.82, 2.24) is 5.32 Å². The molecule has 1 aliphatic heterocycles. The smallest absolute Gasteiger partial charge is 0.237 e. The second kappa shape index (κ2) is 7.75. The molecule has 2 rings (SSSR count). The summed E-state index contributed by atoms with van der Waals surface area (Å²) in [5, 5.41) is 12.5. The second-order valence-corrected chi connectivity index (χ2v) is 6.17. The Morgan fingerprint density at radius 1 is 1.48 bits per heavy atom. The van der Waals surface area contributed by atoms with Gasteiger partial charge in [-0.15, -0.1) is 0 Å². The minimum Gasteiger partial charge on any atom is -0.393 e. The van der Waals surface area contributed by atoms with Gasteiger partial charge in [-0.25, -0.2) is 4.39 Å². The van der Waals surface area contributed by atoms with Crippen LogP contribution in [-0.4, -0.2) is 36.2 Å². The summed E-state index contributed by atoms with van der Waals surface area (Å²) in [5.41, 5.74) is 7.38. The van der Waals surface area contributed by atoms with Crippen LogP contribution in [0.25, 0.3) is 0 Å². The molecule has 0 spiro atoms. The van der Waals surface area contributed by atoms with Gasteiger partial charge in [0.15, 0.2) is 0 Å². The monoisotopic (exact) mass is 323 g/mol. The molecule has 0 bridgehead atoms. The van der Waals surface area contributed by atoms with E-state index in [0.717, 1.165) is 24.3 Å². The first-order chi connectivity index (χ1) is 10.9. The van der Waals surface area contributed by atoms with E-state index in [1.54, 1.807) is 6.07 Å². The van der Waals surface area contributed by atoms with Gasteiger partial charge in [-0.3, -0.25) is 4.79 Å².